The van der Waals surface area contributed by atoms with Crippen molar-refractivity contribution in [3.63, 3.8) is 0 Å². The number of urea groups is 1. The minimum atomic E-state index is -0.430. The van der Waals surface area contributed by atoms with Gasteiger partial charge in [-0.15, -0.1) is 0 Å². The normalized spacial score (nSPS) is 10.8. The molecule has 2 aromatic heterocycles. The molecule has 0 bridgehead atoms. The second-order valence-corrected chi connectivity index (χ2v) is 8.13. The van der Waals surface area contributed by atoms with Gasteiger partial charge in [-0.25, -0.2) is 9.78 Å². The Kier molecular flexibility index (Phi) is 6.01. The molecule has 0 fully saturated rings. The summed E-state index contributed by atoms with van der Waals surface area (Å²) in [5.74, 6) is 1.02. The highest BCUT2D eigenvalue weighted by molar-refractivity contribution is 9.10. The van der Waals surface area contributed by atoms with E-state index in [1.54, 1.807) is 31.5 Å². The largest absolute Gasteiger partial charge is 0.495 e. The Bertz CT molecular complexity index is 1270. The number of amides is 2. The summed E-state index contributed by atoms with van der Waals surface area (Å²) >= 11 is 9.81. The number of carbonyl (C=O) groups is 1. The van der Waals surface area contributed by atoms with Crippen molar-refractivity contribution >= 4 is 61.7 Å². The molecule has 0 unspecified atom stereocenters. The first-order valence-corrected chi connectivity index (χ1v) is 10.5. The summed E-state index contributed by atoms with van der Waals surface area (Å²) in [4.78, 5) is 16.7. The lowest BCUT2D eigenvalue weighted by molar-refractivity contribution is 0.262. The fourth-order valence-electron chi connectivity index (χ4n) is 3.35. The lowest BCUT2D eigenvalue weighted by Crippen LogP contribution is -2.20. The fourth-order valence-corrected chi connectivity index (χ4v) is 3.92. The molecule has 0 aliphatic rings. The Hall–Kier alpha value is -3.23. The molecule has 0 radical (unpaired) electrons. The molecule has 4 aromatic rings. The third kappa shape index (κ3) is 4.60. The maximum Gasteiger partial charge on any atom is 0.323 e. The average Bonchev–Trinajstić information content (AvgIpc) is 3.13. The van der Waals surface area contributed by atoms with Gasteiger partial charge in [-0.1, -0.05) is 27.5 Å². The average molecular weight is 501 g/mol. The van der Waals surface area contributed by atoms with Crippen LogP contribution in [-0.2, 0) is 6.54 Å². The summed E-state index contributed by atoms with van der Waals surface area (Å²) in [6.07, 6.45) is 3.62. The van der Waals surface area contributed by atoms with Crippen LogP contribution in [0.4, 0.5) is 22.0 Å². The number of hydrogen-bond donors (Lipinski definition) is 3. The molecule has 0 spiro atoms. The summed E-state index contributed by atoms with van der Waals surface area (Å²) < 4.78 is 8.18. The fraction of sp³-hybridized carbons (Fsp3) is 0.0909. The highest BCUT2D eigenvalue weighted by atomic mass is 79.9. The van der Waals surface area contributed by atoms with Gasteiger partial charge >= 0.3 is 6.03 Å². The number of ether oxygens (including phenoxy) is 1. The predicted molar refractivity (Wildman–Crippen MR) is 128 cm³/mol. The zero-order chi connectivity index (χ0) is 22.0. The number of nitrogens with two attached hydrogens (primary N) is 1. The van der Waals surface area contributed by atoms with Crippen molar-refractivity contribution in [2.24, 2.45) is 0 Å². The number of methoxy groups -OCH3 is 1. The van der Waals surface area contributed by atoms with E-state index < -0.39 is 6.03 Å². The Balaban J connectivity index is 1.61. The van der Waals surface area contributed by atoms with Gasteiger partial charge in [-0.2, -0.15) is 0 Å². The molecular weight excluding hydrogens is 482 g/mol. The molecule has 158 valence electrons. The molecule has 2 amide bonds. The molecule has 0 aliphatic heterocycles. The number of rotatable bonds is 5. The highest BCUT2D eigenvalue weighted by Crippen LogP contribution is 2.33. The summed E-state index contributed by atoms with van der Waals surface area (Å²) in [5, 5.41) is 6.93. The van der Waals surface area contributed by atoms with Gasteiger partial charge in [0.15, 0.2) is 0 Å². The van der Waals surface area contributed by atoms with Crippen molar-refractivity contribution < 1.29 is 9.53 Å². The quantitative estimate of drug-likeness (QED) is 0.326. The van der Waals surface area contributed by atoms with Crippen LogP contribution in [0.5, 0.6) is 5.75 Å². The van der Waals surface area contributed by atoms with E-state index in [1.807, 2.05) is 36.5 Å². The number of benzene rings is 2. The van der Waals surface area contributed by atoms with Crippen LogP contribution in [0.15, 0.2) is 65.4 Å². The summed E-state index contributed by atoms with van der Waals surface area (Å²) in [6, 6.07) is 14.3. The van der Waals surface area contributed by atoms with E-state index in [0.717, 1.165) is 20.9 Å². The monoisotopic (exact) mass is 499 g/mol. The van der Waals surface area contributed by atoms with E-state index in [9.17, 15) is 4.79 Å². The van der Waals surface area contributed by atoms with Crippen molar-refractivity contribution in [1.82, 2.24) is 9.55 Å². The Labute approximate surface area is 192 Å². The number of halogens is 2. The maximum atomic E-state index is 12.7. The van der Waals surface area contributed by atoms with Crippen molar-refractivity contribution in [3.05, 3.63) is 76.0 Å². The van der Waals surface area contributed by atoms with Crippen molar-refractivity contribution in [1.29, 1.82) is 0 Å². The first-order valence-electron chi connectivity index (χ1n) is 9.34. The molecule has 7 nitrogen and oxygen atoms in total. The van der Waals surface area contributed by atoms with E-state index in [0.29, 0.717) is 34.5 Å². The van der Waals surface area contributed by atoms with Gasteiger partial charge in [0.05, 0.1) is 29.0 Å². The lowest BCUT2D eigenvalue weighted by atomic mass is 10.2. The third-order valence-electron chi connectivity index (χ3n) is 4.75. The minimum absolute atomic E-state index is 0.430. The molecule has 2 heterocycles. The summed E-state index contributed by atoms with van der Waals surface area (Å²) in [7, 11) is 1.54. The van der Waals surface area contributed by atoms with Gasteiger partial charge in [0.2, 0.25) is 0 Å². The van der Waals surface area contributed by atoms with Crippen LogP contribution in [0.3, 0.4) is 0 Å². The van der Waals surface area contributed by atoms with Gasteiger partial charge in [-0.3, -0.25) is 0 Å². The van der Waals surface area contributed by atoms with E-state index in [1.165, 1.54) is 0 Å². The summed E-state index contributed by atoms with van der Waals surface area (Å²) in [6.45, 7) is 0.610. The van der Waals surface area contributed by atoms with Crippen LogP contribution in [0.2, 0.25) is 5.02 Å². The molecule has 9 heteroatoms. The standard InChI is InChI=1S/C22H19BrClN5O2/c1-31-19-5-2-14(23)11-17(19)27-22(30)28-21-15-7-9-29(18(15)4-3-16(21)24)12-13-6-8-26-20(25)10-13/h2-11H,12H2,1H3,(H2,25,26)(H2,27,28,30). The zero-order valence-corrected chi connectivity index (χ0v) is 18.9. The Morgan fingerprint density at radius 3 is 2.81 bits per heavy atom. The number of nitrogen functional groups attached to an aromatic ring is 1. The SMILES string of the molecule is COc1ccc(Br)cc1NC(=O)Nc1c(Cl)ccc2c1ccn2Cc1ccnc(N)c1. The number of fused-ring (bicyclic) bond motifs is 1. The van der Waals surface area contributed by atoms with Crippen molar-refractivity contribution in [3.8, 4) is 5.75 Å². The molecule has 4 rings (SSSR count). The van der Waals surface area contributed by atoms with Gasteiger partial charge in [0.25, 0.3) is 0 Å². The topological polar surface area (TPSA) is 94.2 Å². The van der Waals surface area contributed by atoms with E-state index in [-0.39, 0.29) is 0 Å². The predicted octanol–water partition coefficient (Wildman–Crippen LogP) is 5.74. The number of aromatic nitrogens is 2. The lowest BCUT2D eigenvalue weighted by Gasteiger charge is -2.13. The summed E-state index contributed by atoms with van der Waals surface area (Å²) in [5.41, 5.74) is 8.80. The van der Waals surface area contributed by atoms with Crippen LogP contribution in [0.25, 0.3) is 10.9 Å². The highest BCUT2D eigenvalue weighted by Gasteiger charge is 2.14. The van der Waals surface area contributed by atoms with E-state index in [2.05, 4.69) is 36.1 Å². The Morgan fingerprint density at radius 2 is 2.03 bits per heavy atom. The number of nitrogens with zero attached hydrogens (tertiary/aromatic N) is 2. The van der Waals surface area contributed by atoms with Gasteiger partial charge < -0.3 is 25.7 Å². The van der Waals surface area contributed by atoms with Gasteiger partial charge in [0.1, 0.15) is 11.6 Å². The van der Waals surface area contributed by atoms with Crippen molar-refractivity contribution in [2.75, 3.05) is 23.5 Å². The molecule has 0 saturated carbocycles. The van der Waals surface area contributed by atoms with Gasteiger partial charge in [0, 0.05) is 28.8 Å². The molecule has 0 saturated heterocycles. The molecule has 0 aliphatic carbocycles. The van der Waals surface area contributed by atoms with E-state index in [4.69, 9.17) is 22.1 Å². The van der Waals surface area contributed by atoms with Crippen LogP contribution < -0.4 is 21.1 Å². The smallest absolute Gasteiger partial charge is 0.323 e. The number of pyridine rings is 1. The number of carbonyl (C=O) groups excluding carboxylic acids is 1. The first-order chi connectivity index (χ1) is 14.9. The molecule has 4 N–H and O–H groups in total. The van der Waals surface area contributed by atoms with Crippen molar-refractivity contribution in [2.45, 2.75) is 6.54 Å². The molecule has 2 aromatic carbocycles. The van der Waals surface area contributed by atoms with Gasteiger partial charge in [-0.05, 0) is 54.1 Å². The minimum Gasteiger partial charge on any atom is -0.495 e. The number of anilines is 3. The zero-order valence-electron chi connectivity index (χ0n) is 16.5. The second kappa shape index (κ2) is 8.87. The molecule has 0 atom stereocenters. The second-order valence-electron chi connectivity index (χ2n) is 6.81. The van der Waals surface area contributed by atoms with Crippen LogP contribution in [0.1, 0.15) is 5.56 Å². The Morgan fingerprint density at radius 1 is 1.19 bits per heavy atom. The van der Waals surface area contributed by atoms with Crippen LogP contribution >= 0.6 is 27.5 Å². The number of hydrogen-bond acceptors (Lipinski definition) is 4. The molecular formula is C22H19BrClN5O2. The molecule has 31 heavy (non-hydrogen) atoms. The maximum absolute atomic E-state index is 12.7. The number of nitrogens with one attached hydrogen (secondary N) is 2. The third-order valence-corrected chi connectivity index (χ3v) is 5.56. The van der Waals surface area contributed by atoms with E-state index >= 15 is 0 Å². The van der Waals surface area contributed by atoms with Crippen LogP contribution in [0, 0.1) is 0 Å². The first kappa shape index (κ1) is 21.0. The van der Waals surface area contributed by atoms with Crippen LogP contribution in [-0.4, -0.2) is 22.7 Å².